The summed E-state index contributed by atoms with van der Waals surface area (Å²) in [7, 11) is 0. The highest BCUT2D eigenvalue weighted by Crippen LogP contribution is 2.18. The number of nitrogens with two attached hydrogens (primary N) is 1. The molecule has 0 spiro atoms. The number of aliphatic hydroxyl groups is 3. The van der Waals surface area contributed by atoms with Crippen LogP contribution >= 0.6 is 0 Å². The van der Waals surface area contributed by atoms with Crippen molar-refractivity contribution < 1.29 is 20.1 Å². The second kappa shape index (κ2) is 3.68. The van der Waals surface area contributed by atoms with Crippen LogP contribution < -0.4 is 5.73 Å². The van der Waals surface area contributed by atoms with Gasteiger partial charge in [0.15, 0.2) is 0 Å². The van der Waals surface area contributed by atoms with E-state index in [1.54, 1.807) is 6.92 Å². The quantitative estimate of drug-likeness (QED) is 0.365. The summed E-state index contributed by atoms with van der Waals surface area (Å²) in [4.78, 5) is 0. The van der Waals surface area contributed by atoms with Gasteiger partial charge in [0, 0.05) is 0 Å². The second-order valence-electron chi connectivity index (χ2n) is 3.12. The largest absolute Gasteiger partial charge is 0.394 e. The molecule has 5 atom stereocenters. The van der Waals surface area contributed by atoms with Crippen LogP contribution in [0.15, 0.2) is 0 Å². The van der Waals surface area contributed by atoms with Crippen LogP contribution in [0.4, 0.5) is 0 Å². The van der Waals surface area contributed by atoms with E-state index >= 15 is 0 Å². The fourth-order valence-corrected chi connectivity index (χ4v) is 1.35. The molecule has 1 saturated heterocycles. The van der Waals surface area contributed by atoms with Crippen molar-refractivity contribution in [3.8, 4) is 0 Å². The molecule has 0 unspecified atom stereocenters. The van der Waals surface area contributed by atoms with Crippen molar-refractivity contribution in [1.82, 2.24) is 0 Å². The number of rotatable bonds is 1. The summed E-state index contributed by atoms with van der Waals surface area (Å²) in [5.74, 6) is 0. The second-order valence-corrected chi connectivity index (χ2v) is 3.12. The molecule has 5 N–H and O–H groups in total. The average Bonchev–Trinajstić information content (AvgIpc) is 2.08. The standard InChI is InChI=1S/C7H15NO4/c1-3-6(10)5(8)7(11)4(2-9)12-3/h3-7,9-11H,2,8H2,1H3/t3-,4-,5-,6+,7-/m1/s1. The lowest BCUT2D eigenvalue weighted by Crippen LogP contribution is -2.61. The van der Waals surface area contributed by atoms with Crippen LogP contribution in [0.25, 0.3) is 0 Å². The van der Waals surface area contributed by atoms with Crippen molar-refractivity contribution in [2.75, 3.05) is 6.61 Å². The lowest BCUT2D eigenvalue weighted by Gasteiger charge is -2.39. The van der Waals surface area contributed by atoms with Gasteiger partial charge in [-0.3, -0.25) is 0 Å². The van der Waals surface area contributed by atoms with Crippen LogP contribution in [0.1, 0.15) is 6.92 Å². The summed E-state index contributed by atoms with van der Waals surface area (Å²) in [6.45, 7) is 1.37. The predicted octanol–water partition coefficient (Wildman–Crippen LogP) is -2.18. The number of hydrogen-bond acceptors (Lipinski definition) is 5. The summed E-state index contributed by atoms with van der Waals surface area (Å²) in [6, 6.07) is -0.745. The summed E-state index contributed by atoms with van der Waals surface area (Å²) in [6.07, 6.45) is -3.00. The molecule has 1 fully saturated rings. The third-order valence-corrected chi connectivity index (χ3v) is 2.22. The minimum Gasteiger partial charge on any atom is -0.394 e. The lowest BCUT2D eigenvalue weighted by atomic mass is 9.94. The van der Waals surface area contributed by atoms with Crippen LogP contribution in [0.5, 0.6) is 0 Å². The molecule has 5 heteroatoms. The Kier molecular flexibility index (Phi) is 3.03. The van der Waals surface area contributed by atoms with Gasteiger partial charge >= 0.3 is 0 Å². The topological polar surface area (TPSA) is 95.9 Å². The Hall–Kier alpha value is -0.200. The van der Waals surface area contributed by atoms with Gasteiger partial charge in [0.25, 0.3) is 0 Å². The third kappa shape index (κ3) is 1.60. The van der Waals surface area contributed by atoms with Crippen molar-refractivity contribution in [3.05, 3.63) is 0 Å². The zero-order chi connectivity index (χ0) is 9.30. The minimum absolute atomic E-state index is 0.286. The number of ether oxygens (including phenoxy) is 1. The molecular formula is C7H15NO4. The molecule has 5 nitrogen and oxygen atoms in total. The highest BCUT2D eigenvalue weighted by atomic mass is 16.5. The van der Waals surface area contributed by atoms with Gasteiger partial charge in [-0.2, -0.15) is 0 Å². The van der Waals surface area contributed by atoms with E-state index in [0.717, 1.165) is 0 Å². The van der Waals surface area contributed by atoms with E-state index in [1.165, 1.54) is 0 Å². The van der Waals surface area contributed by atoms with Crippen molar-refractivity contribution in [2.24, 2.45) is 5.73 Å². The Morgan fingerprint density at radius 3 is 2.42 bits per heavy atom. The van der Waals surface area contributed by atoms with E-state index in [0.29, 0.717) is 0 Å². The first kappa shape index (κ1) is 9.88. The average molecular weight is 177 g/mol. The van der Waals surface area contributed by atoms with Crippen LogP contribution in [0.2, 0.25) is 0 Å². The first-order valence-corrected chi connectivity index (χ1v) is 3.96. The smallest absolute Gasteiger partial charge is 0.108 e. The minimum atomic E-state index is -0.999. The first-order valence-electron chi connectivity index (χ1n) is 3.96. The zero-order valence-electron chi connectivity index (χ0n) is 6.92. The van der Waals surface area contributed by atoms with E-state index in [9.17, 15) is 10.2 Å². The summed E-state index contributed by atoms with van der Waals surface area (Å²) < 4.78 is 5.10. The van der Waals surface area contributed by atoms with Crippen molar-refractivity contribution in [2.45, 2.75) is 37.4 Å². The van der Waals surface area contributed by atoms with Gasteiger partial charge in [-0.15, -0.1) is 0 Å². The molecule has 1 heterocycles. The summed E-state index contributed by atoms with van der Waals surface area (Å²) in [5.41, 5.74) is 5.49. The Morgan fingerprint density at radius 2 is 1.92 bits per heavy atom. The fraction of sp³-hybridized carbons (Fsp3) is 1.00. The molecule has 0 saturated carbocycles. The van der Waals surface area contributed by atoms with Crippen LogP contribution in [0, 0.1) is 0 Å². The lowest BCUT2D eigenvalue weighted by molar-refractivity contribution is -0.182. The Bertz CT molecular complexity index is 150. The van der Waals surface area contributed by atoms with Gasteiger partial charge in [0.05, 0.1) is 24.9 Å². The van der Waals surface area contributed by atoms with Crippen LogP contribution in [0.3, 0.4) is 0 Å². The number of hydrogen-bond donors (Lipinski definition) is 4. The Labute approximate surface area is 70.8 Å². The molecule has 1 aliphatic rings. The van der Waals surface area contributed by atoms with Crippen molar-refractivity contribution in [1.29, 1.82) is 0 Å². The van der Waals surface area contributed by atoms with Crippen LogP contribution in [-0.4, -0.2) is 52.4 Å². The molecule has 1 rings (SSSR count). The maximum Gasteiger partial charge on any atom is 0.108 e. The number of aliphatic hydroxyl groups excluding tert-OH is 3. The summed E-state index contributed by atoms with van der Waals surface area (Å²) >= 11 is 0. The molecule has 0 aromatic rings. The Balaban J connectivity index is 2.63. The maximum absolute atomic E-state index is 9.36. The first-order chi connectivity index (χ1) is 5.57. The molecule has 0 aromatic carbocycles. The molecule has 0 radical (unpaired) electrons. The normalized spacial score (nSPS) is 49.2. The van der Waals surface area contributed by atoms with E-state index in [4.69, 9.17) is 15.6 Å². The zero-order valence-corrected chi connectivity index (χ0v) is 6.92. The molecule has 0 bridgehead atoms. The molecule has 72 valence electrons. The van der Waals surface area contributed by atoms with Gasteiger partial charge in [0.2, 0.25) is 0 Å². The predicted molar refractivity (Wildman–Crippen MR) is 41.4 cm³/mol. The van der Waals surface area contributed by atoms with Gasteiger partial charge in [-0.1, -0.05) is 0 Å². The van der Waals surface area contributed by atoms with Gasteiger partial charge in [0.1, 0.15) is 12.2 Å². The molecule has 0 amide bonds. The summed E-state index contributed by atoms with van der Waals surface area (Å²) in [5, 5.41) is 27.5. The maximum atomic E-state index is 9.36. The van der Waals surface area contributed by atoms with Crippen molar-refractivity contribution in [3.63, 3.8) is 0 Å². The van der Waals surface area contributed by atoms with E-state index < -0.39 is 30.5 Å². The highest BCUT2D eigenvalue weighted by Gasteiger charge is 2.39. The molecule has 0 aliphatic carbocycles. The SMILES string of the molecule is C[C@H]1O[C@H](CO)[C@@H](O)[C@H](N)[C@H]1O. The van der Waals surface area contributed by atoms with Gasteiger partial charge in [-0.05, 0) is 6.92 Å². The van der Waals surface area contributed by atoms with E-state index in [1.807, 2.05) is 0 Å². The molecule has 1 aliphatic heterocycles. The molecular weight excluding hydrogens is 162 g/mol. The molecule has 12 heavy (non-hydrogen) atoms. The monoisotopic (exact) mass is 177 g/mol. The molecule has 0 aromatic heterocycles. The highest BCUT2D eigenvalue weighted by molar-refractivity contribution is 4.92. The van der Waals surface area contributed by atoms with E-state index in [-0.39, 0.29) is 6.61 Å². The van der Waals surface area contributed by atoms with Crippen LogP contribution in [-0.2, 0) is 4.74 Å². The van der Waals surface area contributed by atoms with Gasteiger partial charge < -0.3 is 25.8 Å². The van der Waals surface area contributed by atoms with Gasteiger partial charge in [-0.25, -0.2) is 0 Å². The fourth-order valence-electron chi connectivity index (χ4n) is 1.35. The third-order valence-electron chi connectivity index (χ3n) is 2.22. The van der Waals surface area contributed by atoms with E-state index in [2.05, 4.69) is 0 Å². The van der Waals surface area contributed by atoms with Crippen molar-refractivity contribution >= 4 is 0 Å². The Morgan fingerprint density at radius 1 is 1.33 bits per heavy atom.